The van der Waals surface area contributed by atoms with Crippen LogP contribution in [0.5, 0.6) is 0 Å². The number of aryl methyl sites for hydroxylation is 1. The molecular formula is C15H25N3. The quantitative estimate of drug-likeness (QED) is 0.839. The van der Waals surface area contributed by atoms with Crippen molar-refractivity contribution in [2.24, 2.45) is 11.7 Å². The average molecular weight is 247 g/mol. The van der Waals surface area contributed by atoms with Crippen LogP contribution in [0.3, 0.4) is 0 Å². The molecule has 0 radical (unpaired) electrons. The molecule has 0 saturated heterocycles. The normalized spacial score (nSPS) is 18.9. The summed E-state index contributed by atoms with van der Waals surface area (Å²) in [6.45, 7) is 5.91. The lowest BCUT2D eigenvalue weighted by atomic mass is 9.93. The Morgan fingerprint density at radius 1 is 1.44 bits per heavy atom. The lowest BCUT2D eigenvalue weighted by Crippen LogP contribution is -2.49. The summed E-state index contributed by atoms with van der Waals surface area (Å²) in [5, 5.41) is 0. The highest BCUT2D eigenvalue weighted by molar-refractivity contribution is 5.10. The third kappa shape index (κ3) is 3.30. The lowest BCUT2D eigenvalue weighted by molar-refractivity contribution is 0.118. The molecule has 1 atom stereocenters. The summed E-state index contributed by atoms with van der Waals surface area (Å²) < 4.78 is 0. The summed E-state index contributed by atoms with van der Waals surface area (Å²) in [5.74, 6) is 0.895. The molecule has 3 nitrogen and oxygen atoms in total. The van der Waals surface area contributed by atoms with Crippen LogP contribution in [0, 0.1) is 12.8 Å². The molecule has 0 bridgehead atoms. The summed E-state index contributed by atoms with van der Waals surface area (Å²) in [6.07, 6.45) is 3.98. The van der Waals surface area contributed by atoms with Gasteiger partial charge in [-0.2, -0.15) is 0 Å². The predicted molar refractivity (Wildman–Crippen MR) is 75.2 cm³/mol. The first kappa shape index (κ1) is 13.5. The number of hydrogen-bond acceptors (Lipinski definition) is 3. The molecule has 1 aliphatic rings. The molecular weight excluding hydrogens is 222 g/mol. The van der Waals surface area contributed by atoms with E-state index < -0.39 is 0 Å². The van der Waals surface area contributed by atoms with Crippen molar-refractivity contribution in [3.05, 3.63) is 29.6 Å². The minimum Gasteiger partial charge on any atom is -0.329 e. The van der Waals surface area contributed by atoms with Crippen molar-refractivity contribution >= 4 is 0 Å². The Morgan fingerprint density at radius 3 is 2.72 bits per heavy atom. The van der Waals surface area contributed by atoms with E-state index in [2.05, 4.69) is 36.0 Å². The fourth-order valence-electron chi connectivity index (χ4n) is 2.46. The van der Waals surface area contributed by atoms with Crippen LogP contribution >= 0.6 is 0 Å². The van der Waals surface area contributed by atoms with Crippen molar-refractivity contribution in [3.63, 3.8) is 0 Å². The molecule has 18 heavy (non-hydrogen) atoms. The molecule has 1 aromatic heterocycles. The smallest absolute Gasteiger partial charge is 0.0547 e. The minimum atomic E-state index is 0.104. The Bertz CT molecular complexity index is 400. The summed E-state index contributed by atoms with van der Waals surface area (Å²) in [4.78, 5) is 6.94. The molecule has 1 unspecified atom stereocenters. The highest BCUT2D eigenvalue weighted by Crippen LogP contribution is 2.38. The molecule has 1 fully saturated rings. The highest BCUT2D eigenvalue weighted by Gasteiger charge is 2.35. The van der Waals surface area contributed by atoms with E-state index in [0.29, 0.717) is 6.54 Å². The molecule has 3 heteroatoms. The molecule has 0 spiro atoms. The van der Waals surface area contributed by atoms with Crippen LogP contribution in [0.2, 0.25) is 0 Å². The lowest BCUT2D eigenvalue weighted by Gasteiger charge is -2.38. The van der Waals surface area contributed by atoms with E-state index in [9.17, 15) is 0 Å². The molecule has 0 aliphatic heterocycles. The van der Waals surface area contributed by atoms with Gasteiger partial charge in [0.25, 0.3) is 0 Å². The van der Waals surface area contributed by atoms with Crippen LogP contribution in [0.1, 0.15) is 37.6 Å². The molecule has 0 amide bonds. The van der Waals surface area contributed by atoms with Crippen LogP contribution < -0.4 is 5.73 Å². The summed E-state index contributed by atoms with van der Waals surface area (Å²) >= 11 is 0. The molecule has 1 heterocycles. The molecule has 1 aliphatic carbocycles. The van der Waals surface area contributed by atoms with Gasteiger partial charge in [-0.1, -0.05) is 18.9 Å². The van der Waals surface area contributed by atoms with Gasteiger partial charge in [0, 0.05) is 24.3 Å². The van der Waals surface area contributed by atoms with E-state index in [1.54, 1.807) is 0 Å². The monoisotopic (exact) mass is 247 g/mol. The molecule has 2 N–H and O–H groups in total. The Morgan fingerprint density at radius 2 is 2.17 bits per heavy atom. The number of aromatic nitrogens is 1. The van der Waals surface area contributed by atoms with E-state index >= 15 is 0 Å². The van der Waals surface area contributed by atoms with E-state index in [1.165, 1.54) is 19.3 Å². The third-order valence-electron chi connectivity index (χ3n) is 4.13. The van der Waals surface area contributed by atoms with Crippen molar-refractivity contribution in [1.29, 1.82) is 0 Å². The van der Waals surface area contributed by atoms with Gasteiger partial charge in [0.05, 0.1) is 5.69 Å². The number of hydrogen-bond donors (Lipinski definition) is 1. The van der Waals surface area contributed by atoms with Gasteiger partial charge >= 0.3 is 0 Å². The van der Waals surface area contributed by atoms with Crippen LogP contribution in [0.15, 0.2) is 18.2 Å². The minimum absolute atomic E-state index is 0.104. The van der Waals surface area contributed by atoms with E-state index in [-0.39, 0.29) is 5.54 Å². The Balaban J connectivity index is 2.02. The number of nitrogens with zero attached hydrogens (tertiary/aromatic N) is 2. The number of likely N-dealkylation sites (N-methyl/N-ethyl adjacent to an activating group) is 1. The van der Waals surface area contributed by atoms with Gasteiger partial charge in [-0.15, -0.1) is 0 Å². The van der Waals surface area contributed by atoms with Gasteiger partial charge in [0.15, 0.2) is 0 Å². The van der Waals surface area contributed by atoms with E-state index in [4.69, 9.17) is 5.73 Å². The standard InChI is InChI=1S/C15H25N3/c1-12-5-4-6-14(17-12)10-18(3)15(2,11-16)9-13-7-8-13/h4-6,13H,7-11,16H2,1-3H3. The first-order valence-corrected chi connectivity index (χ1v) is 6.87. The zero-order chi connectivity index (χ0) is 13.2. The molecule has 1 saturated carbocycles. The zero-order valence-electron chi connectivity index (χ0n) is 11.8. The first-order valence-electron chi connectivity index (χ1n) is 6.87. The van der Waals surface area contributed by atoms with Crippen LogP contribution in [-0.4, -0.2) is 29.0 Å². The van der Waals surface area contributed by atoms with Crippen molar-refractivity contribution in [2.75, 3.05) is 13.6 Å². The van der Waals surface area contributed by atoms with Gasteiger partial charge in [0.2, 0.25) is 0 Å². The highest BCUT2D eigenvalue weighted by atomic mass is 15.2. The van der Waals surface area contributed by atoms with Crippen molar-refractivity contribution in [1.82, 2.24) is 9.88 Å². The summed E-state index contributed by atoms with van der Waals surface area (Å²) in [6, 6.07) is 6.21. The Hall–Kier alpha value is -0.930. The van der Waals surface area contributed by atoms with E-state index in [0.717, 1.165) is 23.9 Å². The Labute approximate surface area is 110 Å². The third-order valence-corrected chi connectivity index (χ3v) is 4.13. The SMILES string of the molecule is Cc1cccc(CN(C)C(C)(CN)CC2CC2)n1. The van der Waals surface area contributed by atoms with Gasteiger partial charge in [-0.3, -0.25) is 9.88 Å². The second-order valence-corrected chi connectivity index (χ2v) is 5.97. The molecule has 100 valence electrons. The fourth-order valence-corrected chi connectivity index (χ4v) is 2.46. The predicted octanol–water partition coefficient (Wildman–Crippen LogP) is 2.34. The van der Waals surface area contributed by atoms with Gasteiger partial charge < -0.3 is 5.73 Å². The number of pyridine rings is 1. The topological polar surface area (TPSA) is 42.1 Å². The molecule has 0 aromatic carbocycles. The first-order chi connectivity index (χ1) is 8.53. The van der Waals surface area contributed by atoms with Crippen molar-refractivity contribution in [3.8, 4) is 0 Å². The second kappa shape index (κ2) is 5.37. The largest absolute Gasteiger partial charge is 0.329 e. The molecule has 1 aromatic rings. The van der Waals surface area contributed by atoms with E-state index in [1.807, 2.05) is 13.0 Å². The van der Waals surface area contributed by atoms with Gasteiger partial charge in [-0.05, 0) is 45.4 Å². The van der Waals surface area contributed by atoms with Crippen LogP contribution in [0.4, 0.5) is 0 Å². The summed E-state index contributed by atoms with van der Waals surface area (Å²) in [7, 11) is 2.17. The average Bonchev–Trinajstić information content (AvgIpc) is 3.12. The van der Waals surface area contributed by atoms with Crippen LogP contribution in [-0.2, 0) is 6.54 Å². The fraction of sp³-hybridized carbons (Fsp3) is 0.667. The van der Waals surface area contributed by atoms with Gasteiger partial charge in [0.1, 0.15) is 0 Å². The second-order valence-electron chi connectivity index (χ2n) is 5.97. The maximum Gasteiger partial charge on any atom is 0.0547 e. The summed E-state index contributed by atoms with van der Waals surface area (Å²) in [5.41, 5.74) is 8.32. The maximum absolute atomic E-state index is 6.01. The van der Waals surface area contributed by atoms with Gasteiger partial charge in [-0.25, -0.2) is 0 Å². The zero-order valence-corrected chi connectivity index (χ0v) is 11.8. The van der Waals surface area contributed by atoms with Crippen LogP contribution in [0.25, 0.3) is 0 Å². The van der Waals surface area contributed by atoms with Crippen molar-refractivity contribution in [2.45, 2.75) is 45.2 Å². The Kier molecular flexibility index (Phi) is 4.03. The number of nitrogens with two attached hydrogens (primary N) is 1. The maximum atomic E-state index is 6.01. The molecule has 2 rings (SSSR count). The number of rotatable bonds is 6. The van der Waals surface area contributed by atoms with Crippen molar-refractivity contribution < 1.29 is 0 Å².